The predicted molar refractivity (Wildman–Crippen MR) is 217 cm³/mol. The number of rotatable bonds is 6. The van der Waals surface area contributed by atoms with Crippen molar-refractivity contribution in [3.63, 3.8) is 0 Å². The Hall–Kier alpha value is -5.68. The van der Waals surface area contributed by atoms with E-state index in [0.29, 0.717) is 11.8 Å². The summed E-state index contributed by atoms with van der Waals surface area (Å²) in [5, 5.41) is 2.17. The SMILES string of the molecule is Cc1cc2c(cn1)nc(-c1[c-]ccc3c1oc1ccccc13)n2-c1c(C(C)C)cccc1C(C)C.[Ir].[c-]1ccccc1-c1cc(-c2ccccc2)ccn1. The summed E-state index contributed by atoms with van der Waals surface area (Å²) in [7, 11) is 0. The molecule has 5 aromatic carbocycles. The quantitative estimate of drug-likeness (QED) is 0.156. The maximum atomic E-state index is 6.40. The minimum Gasteiger partial charge on any atom is -0.501 e. The Bertz CT molecular complexity index is 2610. The molecule has 0 saturated heterocycles. The number of pyridine rings is 2. The van der Waals surface area contributed by atoms with Crippen LogP contribution >= 0.6 is 0 Å². The molecular weight excluding hydrogens is 841 g/mol. The van der Waals surface area contributed by atoms with Crippen LogP contribution in [-0.4, -0.2) is 19.5 Å². The summed E-state index contributed by atoms with van der Waals surface area (Å²) in [6, 6.07) is 50.0. The van der Waals surface area contributed by atoms with Gasteiger partial charge in [-0.1, -0.05) is 111 Å². The predicted octanol–water partition coefficient (Wildman–Crippen LogP) is 12.6. The van der Waals surface area contributed by atoms with Gasteiger partial charge in [-0.15, -0.1) is 54.1 Å². The minimum atomic E-state index is 0. The van der Waals surface area contributed by atoms with Gasteiger partial charge in [-0.3, -0.25) is 9.97 Å². The number of fused-ring (bicyclic) bond motifs is 4. The third-order valence-electron chi connectivity index (χ3n) is 9.66. The molecule has 0 aliphatic rings. The van der Waals surface area contributed by atoms with Gasteiger partial charge >= 0.3 is 0 Å². The molecule has 0 aliphatic carbocycles. The second-order valence-electron chi connectivity index (χ2n) is 13.9. The first kappa shape index (κ1) is 36.7. The topological polar surface area (TPSA) is 56.7 Å². The molecule has 0 aliphatic heterocycles. The molecule has 0 amide bonds. The first-order valence-electron chi connectivity index (χ1n) is 18.2. The minimum absolute atomic E-state index is 0. The molecule has 5 nitrogen and oxygen atoms in total. The second-order valence-corrected chi connectivity index (χ2v) is 13.9. The van der Waals surface area contributed by atoms with Crippen molar-refractivity contribution < 1.29 is 24.5 Å². The van der Waals surface area contributed by atoms with Gasteiger partial charge in [0.25, 0.3) is 0 Å². The largest absolute Gasteiger partial charge is 0.501 e. The molecule has 4 heterocycles. The summed E-state index contributed by atoms with van der Waals surface area (Å²) in [6.45, 7) is 11.0. The summed E-state index contributed by atoms with van der Waals surface area (Å²) in [5.74, 6) is 1.53. The number of hydrogen-bond donors (Lipinski definition) is 0. The van der Waals surface area contributed by atoms with Crippen molar-refractivity contribution in [3.8, 4) is 39.5 Å². The average molecular weight is 881 g/mol. The number of aromatic nitrogens is 4. The standard InChI is InChI=1S/C31H28N3O.C17H12N.Ir/c1-18(2)21-11-8-12-22(19(3)4)29(21)34-27-16-20(5)32-17-26(27)33-31(34)25-14-9-13-24-23-10-6-7-15-28(23)35-30(24)25;1-3-7-14(8-4-1)16-11-12-18-17(13-16)15-9-5-2-6-10-15;/h6-13,15-19H,1-5H3;1-9,11-13H;/q2*-1;. The molecule has 4 aromatic heterocycles. The number of hydrogen-bond acceptors (Lipinski definition) is 4. The molecule has 1 radical (unpaired) electrons. The van der Waals surface area contributed by atoms with Gasteiger partial charge in [0.05, 0.1) is 28.6 Å². The van der Waals surface area contributed by atoms with Crippen molar-refractivity contribution in [3.05, 3.63) is 169 Å². The van der Waals surface area contributed by atoms with Crippen molar-refractivity contribution in [1.82, 2.24) is 19.5 Å². The van der Waals surface area contributed by atoms with E-state index in [0.717, 1.165) is 61.3 Å². The number of benzene rings is 5. The molecule has 0 unspecified atom stereocenters. The maximum Gasteiger partial charge on any atom is 0.120 e. The monoisotopic (exact) mass is 881 g/mol. The Labute approximate surface area is 330 Å². The van der Waals surface area contributed by atoms with E-state index >= 15 is 0 Å². The Morgan fingerprint density at radius 1 is 0.667 bits per heavy atom. The Kier molecular flexibility index (Phi) is 10.7. The van der Waals surface area contributed by atoms with E-state index in [1.54, 1.807) is 0 Å². The van der Waals surface area contributed by atoms with Gasteiger partial charge in [-0.05, 0) is 64.9 Å². The Morgan fingerprint density at radius 3 is 2.15 bits per heavy atom. The van der Waals surface area contributed by atoms with Gasteiger partial charge < -0.3 is 14.0 Å². The van der Waals surface area contributed by atoms with Gasteiger partial charge in [0.2, 0.25) is 0 Å². The van der Waals surface area contributed by atoms with E-state index < -0.39 is 0 Å². The summed E-state index contributed by atoms with van der Waals surface area (Å²) >= 11 is 0. The fourth-order valence-electron chi connectivity index (χ4n) is 7.04. The van der Waals surface area contributed by atoms with E-state index in [4.69, 9.17) is 9.40 Å². The van der Waals surface area contributed by atoms with Gasteiger partial charge in [0, 0.05) is 43.1 Å². The summed E-state index contributed by atoms with van der Waals surface area (Å²) in [5.41, 5.74) is 13.6. The average Bonchev–Trinajstić information content (AvgIpc) is 3.77. The van der Waals surface area contributed by atoms with Crippen LogP contribution in [0, 0.1) is 19.1 Å². The van der Waals surface area contributed by atoms with Crippen molar-refractivity contribution in [2.24, 2.45) is 0 Å². The summed E-state index contributed by atoms with van der Waals surface area (Å²) in [4.78, 5) is 14.1. The molecule has 6 heteroatoms. The van der Waals surface area contributed by atoms with Crippen LogP contribution in [-0.2, 0) is 20.1 Å². The van der Waals surface area contributed by atoms with Crippen LogP contribution in [0.3, 0.4) is 0 Å². The van der Waals surface area contributed by atoms with Crippen LogP contribution < -0.4 is 0 Å². The third-order valence-corrected chi connectivity index (χ3v) is 9.66. The third kappa shape index (κ3) is 7.03. The number of nitrogens with zero attached hydrogens (tertiary/aromatic N) is 4. The van der Waals surface area contributed by atoms with Gasteiger partial charge in [0.15, 0.2) is 0 Å². The van der Waals surface area contributed by atoms with E-state index in [2.05, 4.69) is 109 Å². The Morgan fingerprint density at radius 2 is 1.41 bits per heavy atom. The molecule has 9 rings (SSSR count). The normalized spacial score (nSPS) is 11.2. The Balaban J connectivity index is 0.000000200. The molecule has 0 atom stereocenters. The molecule has 9 aromatic rings. The number of furan rings is 1. The number of para-hydroxylation sites is 2. The summed E-state index contributed by atoms with van der Waals surface area (Å²) < 4.78 is 8.72. The van der Waals surface area contributed by atoms with Crippen LogP contribution in [0.2, 0.25) is 0 Å². The van der Waals surface area contributed by atoms with Crippen LogP contribution in [0.5, 0.6) is 0 Å². The zero-order valence-electron chi connectivity index (χ0n) is 31.0. The first-order valence-corrected chi connectivity index (χ1v) is 18.2. The van der Waals surface area contributed by atoms with E-state index in [-0.39, 0.29) is 20.1 Å². The van der Waals surface area contributed by atoms with Crippen molar-refractivity contribution in [2.45, 2.75) is 46.5 Å². The zero-order valence-corrected chi connectivity index (χ0v) is 33.4. The molecule has 0 saturated carbocycles. The zero-order chi connectivity index (χ0) is 36.5. The second kappa shape index (κ2) is 15.7. The molecule has 0 bridgehead atoms. The van der Waals surface area contributed by atoms with E-state index in [1.807, 2.05) is 92.1 Å². The molecule has 0 fully saturated rings. The number of aryl methyl sites for hydroxylation is 1. The van der Waals surface area contributed by atoms with E-state index in [9.17, 15) is 0 Å². The number of imidazole rings is 1. The molecule has 0 spiro atoms. The van der Waals surface area contributed by atoms with Crippen molar-refractivity contribution in [1.29, 1.82) is 0 Å². The molecular formula is C48H40IrN4O-2. The van der Waals surface area contributed by atoms with E-state index in [1.165, 1.54) is 27.9 Å². The van der Waals surface area contributed by atoms with Crippen LogP contribution in [0.25, 0.3) is 72.4 Å². The fourth-order valence-corrected chi connectivity index (χ4v) is 7.04. The molecule has 0 N–H and O–H groups in total. The van der Waals surface area contributed by atoms with Crippen LogP contribution in [0.15, 0.2) is 144 Å². The molecule has 54 heavy (non-hydrogen) atoms. The van der Waals surface area contributed by atoms with Gasteiger partial charge in [-0.2, -0.15) is 0 Å². The van der Waals surface area contributed by atoms with Crippen molar-refractivity contribution in [2.75, 3.05) is 0 Å². The van der Waals surface area contributed by atoms with Gasteiger partial charge in [-0.25, -0.2) is 0 Å². The smallest absolute Gasteiger partial charge is 0.120 e. The maximum absolute atomic E-state index is 6.40. The summed E-state index contributed by atoms with van der Waals surface area (Å²) in [6.07, 6.45) is 3.72. The van der Waals surface area contributed by atoms with Crippen LogP contribution in [0.4, 0.5) is 0 Å². The van der Waals surface area contributed by atoms with Crippen molar-refractivity contribution >= 4 is 33.0 Å². The van der Waals surface area contributed by atoms with Gasteiger partial charge in [0.1, 0.15) is 5.58 Å². The molecule has 269 valence electrons. The first-order chi connectivity index (χ1) is 25.9. The fraction of sp³-hybridized carbons (Fsp3) is 0.146. The van der Waals surface area contributed by atoms with Crippen LogP contribution in [0.1, 0.15) is 56.4 Å².